The van der Waals surface area contributed by atoms with E-state index in [0.29, 0.717) is 5.56 Å². The Balaban J connectivity index is 2.59. The number of hydrogen-bond acceptors (Lipinski definition) is 4. The van der Waals surface area contributed by atoms with Gasteiger partial charge >= 0.3 is 0 Å². The van der Waals surface area contributed by atoms with Crippen LogP contribution in [-0.2, 0) is 9.84 Å². The van der Waals surface area contributed by atoms with Crippen LogP contribution in [0.2, 0.25) is 15.1 Å². The first-order valence-corrected chi connectivity index (χ1v) is 8.68. The summed E-state index contributed by atoms with van der Waals surface area (Å²) >= 11 is 17.5. The Morgan fingerprint density at radius 1 is 1.09 bits per heavy atom. The molecule has 0 aromatic heterocycles. The van der Waals surface area contributed by atoms with Crippen LogP contribution in [0.15, 0.2) is 46.2 Å². The number of phenolic OH excluding ortho intramolecular Hbond substituents is 1. The van der Waals surface area contributed by atoms with Gasteiger partial charge in [0.2, 0.25) is 9.84 Å². The van der Waals surface area contributed by atoms with Crippen molar-refractivity contribution < 1.29 is 13.5 Å². The molecule has 0 aliphatic carbocycles. The molecule has 118 valence electrons. The number of nitrogens with zero attached hydrogens (tertiary/aromatic N) is 1. The quantitative estimate of drug-likeness (QED) is 0.774. The van der Waals surface area contributed by atoms with Gasteiger partial charge in [-0.25, -0.2) is 8.42 Å². The number of phenols is 1. The van der Waals surface area contributed by atoms with Gasteiger partial charge in [-0.2, -0.15) is 5.26 Å². The number of hydrogen-bond donors (Lipinski definition) is 1. The molecule has 4 nitrogen and oxygen atoms in total. The van der Waals surface area contributed by atoms with E-state index < -0.39 is 14.7 Å². The molecule has 0 atom stereocenters. The Morgan fingerprint density at radius 2 is 1.78 bits per heavy atom. The summed E-state index contributed by atoms with van der Waals surface area (Å²) in [4.78, 5) is -0.784. The van der Waals surface area contributed by atoms with Crippen molar-refractivity contribution >= 4 is 50.7 Å². The lowest BCUT2D eigenvalue weighted by atomic mass is 10.2. The zero-order valence-corrected chi connectivity index (χ0v) is 14.4. The summed E-state index contributed by atoms with van der Waals surface area (Å²) < 4.78 is 25.2. The SMILES string of the molecule is N#C/C(=C/c1ccc(O)c(Cl)c1)S(=O)(=O)c1cc(Cl)ccc1Cl. The Morgan fingerprint density at radius 3 is 2.39 bits per heavy atom. The van der Waals surface area contributed by atoms with Crippen LogP contribution in [0.3, 0.4) is 0 Å². The van der Waals surface area contributed by atoms with Crippen molar-refractivity contribution in [3.8, 4) is 11.8 Å². The van der Waals surface area contributed by atoms with Crippen LogP contribution in [0.1, 0.15) is 5.56 Å². The maximum Gasteiger partial charge on any atom is 0.218 e. The van der Waals surface area contributed by atoms with Crippen molar-refractivity contribution in [2.45, 2.75) is 4.90 Å². The summed E-state index contributed by atoms with van der Waals surface area (Å²) in [5, 5.41) is 18.8. The van der Waals surface area contributed by atoms with E-state index in [1.165, 1.54) is 36.4 Å². The minimum atomic E-state index is -4.15. The van der Waals surface area contributed by atoms with Gasteiger partial charge in [-0.1, -0.05) is 40.9 Å². The van der Waals surface area contributed by atoms with E-state index in [1.54, 1.807) is 6.07 Å². The molecule has 0 fully saturated rings. The van der Waals surface area contributed by atoms with Gasteiger partial charge in [0.05, 0.1) is 14.9 Å². The standard InChI is InChI=1S/C15H8Cl3NO3S/c16-10-2-3-12(17)15(7-10)23(21,22)11(8-19)5-9-1-4-14(20)13(18)6-9/h1-7,20H/b11-5-. The fraction of sp³-hybridized carbons (Fsp3) is 0. The zero-order valence-electron chi connectivity index (χ0n) is 11.3. The van der Waals surface area contributed by atoms with Gasteiger partial charge in [-0.3, -0.25) is 0 Å². The molecule has 2 rings (SSSR count). The first kappa shape index (κ1) is 17.6. The first-order chi connectivity index (χ1) is 10.8. The van der Waals surface area contributed by atoms with Crippen molar-refractivity contribution in [1.82, 2.24) is 0 Å². The second-order valence-corrected chi connectivity index (χ2v) is 7.55. The smallest absolute Gasteiger partial charge is 0.218 e. The third-order valence-corrected chi connectivity index (χ3v) is 5.54. The summed E-state index contributed by atoms with van der Waals surface area (Å²) in [5.41, 5.74) is 0.339. The minimum absolute atomic E-state index is 0.0363. The highest BCUT2D eigenvalue weighted by atomic mass is 35.5. The second kappa shape index (κ2) is 6.81. The van der Waals surface area contributed by atoms with Gasteiger partial charge in [0.15, 0.2) is 0 Å². The number of halogens is 3. The van der Waals surface area contributed by atoms with E-state index in [2.05, 4.69) is 0 Å². The van der Waals surface area contributed by atoms with Gasteiger partial charge in [0.1, 0.15) is 16.7 Å². The van der Waals surface area contributed by atoms with Gasteiger partial charge in [-0.05, 0) is 42.0 Å². The number of rotatable bonds is 3. The topological polar surface area (TPSA) is 78.2 Å². The molecule has 0 aliphatic heterocycles. The van der Waals surface area contributed by atoms with E-state index in [0.717, 1.165) is 6.08 Å². The van der Waals surface area contributed by atoms with E-state index in [-0.39, 0.29) is 25.7 Å². The molecule has 0 amide bonds. The minimum Gasteiger partial charge on any atom is -0.506 e. The van der Waals surface area contributed by atoms with E-state index in [1.807, 2.05) is 0 Å². The normalized spacial score (nSPS) is 12.0. The van der Waals surface area contributed by atoms with Crippen LogP contribution < -0.4 is 0 Å². The lowest BCUT2D eigenvalue weighted by Crippen LogP contribution is -2.04. The summed E-state index contributed by atoms with van der Waals surface area (Å²) in [5.74, 6) is -0.150. The second-order valence-electron chi connectivity index (χ2n) is 4.41. The van der Waals surface area contributed by atoms with Crippen LogP contribution >= 0.6 is 34.8 Å². The highest BCUT2D eigenvalue weighted by Gasteiger charge is 2.24. The van der Waals surface area contributed by atoms with Gasteiger partial charge < -0.3 is 5.11 Å². The fourth-order valence-electron chi connectivity index (χ4n) is 1.74. The molecular weight excluding hydrogens is 381 g/mol. The van der Waals surface area contributed by atoms with Crippen molar-refractivity contribution in [3.05, 3.63) is 61.9 Å². The molecule has 8 heteroatoms. The fourth-order valence-corrected chi connectivity index (χ4v) is 3.84. The molecule has 2 aromatic carbocycles. The maximum absolute atomic E-state index is 12.6. The summed E-state index contributed by atoms with van der Waals surface area (Å²) in [7, 11) is -4.15. The molecule has 0 bridgehead atoms. The summed E-state index contributed by atoms with van der Waals surface area (Å²) in [6.45, 7) is 0. The third kappa shape index (κ3) is 3.80. The highest BCUT2D eigenvalue weighted by molar-refractivity contribution is 7.95. The highest BCUT2D eigenvalue weighted by Crippen LogP contribution is 2.31. The average Bonchev–Trinajstić information content (AvgIpc) is 2.50. The van der Waals surface area contributed by atoms with Crippen LogP contribution in [0, 0.1) is 11.3 Å². The predicted octanol–water partition coefficient (Wildman–Crippen LogP) is 4.69. The monoisotopic (exact) mass is 387 g/mol. The number of sulfone groups is 1. The Bertz CT molecular complexity index is 947. The third-order valence-electron chi connectivity index (χ3n) is 2.85. The van der Waals surface area contributed by atoms with Gasteiger partial charge in [0, 0.05) is 5.02 Å². The molecule has 23 heavy (non-hydrogen) atoms. The molecule has 0 spiro atoms. The molecule has 2 aromatic rings. The van der Waals surface area contributed by atoms with E-state index in [9.17, 15) is 18.8 Å². The lowest BCUT2D eigenvalue weighted by molar-refractivity contribution is 0.475. The van der Waals surface area contributed by atoms with Crippen molar-refractivity contribution in [2.24, 2.45) is 0 Å². The summed E-state index contributed by atoms with van der Waals surface area (Å²) in [6.07, 6.45) is 1.14. The summed E-state index contributed by atoms with van der Waals surface area (Å²) in [6, 6.07) is 9.64. The number of allylic oxidation sites excluding steroid dienone is 1. The van der Waals surface area contributed by atoms with Gasteiger partial charge in [0.25, 0.3) is 0 Å². The largest absolute Gasteiger partial charge is 0.506 e. The van der Waals surface area contributed by atoms with Crippen molar-refractivity contribution in [2.75, 3.05) is 0 Å². The number of nitriles is 1. The van der Waals surface area contributed by atoms with Crippen LogP contribution in [0.25, 0.3) is 6.08 Å². The van der Waals surface area contributed by atoms with Gasteiger partial charge in [-0.15, -0.1) is 0 Å². The molecule has 0 heterocycles. The predicted molar refractivity (Wildman–Crippen MR) is 90.4 cm³/mol. The molecule has 0 unspecified atom stereocenters. The molecular formula is C15H8Cl3NO3S. The number of aromatic hydroxyl groups is 1. The molecule has 1 N–H and O–H groups in total. The van der Waals surface area contributed by atoms with Crippen LogP contribution in [0.5, 0.6) is 5.75 Å². The van der Waals surface area contributed by atoms with Crippen molar-refractivity contribution in [1.29, 1.82) is 5.26 Å². The van der Waals surface area contributed by atoms with E-state index >= 15 is 0 Å². The first-order valence-electron chi connectivity index (χ1n) is 6.06. The van der Waals surface area contributed by atoms with Crippen LogP contribution in [0.4, 0.5) is 0 Å². The Hall–Kier alpha value is -1.71. The molecule has 0 saturated carbocycles. The molecule has 0 aliphatic rings. The lowest BCUT2D eigenvalue weighted by Gasteiger charge is -2.06. The Labute approximate surface area is 148 Å². The van der Waals surface area contributed by atoms with Crippen molar-refractivity contribution in [3.63, 3.8) is 0 Å². The van der Waals surface area contributed by atoms with Crippen LogP contribution in [-0.4, -0.2) is 13.5 Å². The maximum atomic E-state index is 12.6. The molecule has 0 saturated heterocycles. The Kier molecular flexibility index (Phi) is 5.23. The number of benzene rings is 2. The van der Waals surface area contributed by atoms with E-state index in [4.69, 9.17) is 34.8 Å². The average molecular weight is 389 g/mol. The molecule has 0 radical (unpaired) electrons. The zero-order chi connectivity index (χ0) is 17.2.